The summed E-state index contributed by atoms with van der Waals surface area (Å²) in [5.74, 6) is 1.22. The number of alkyl halides is 3. The Labute approximate surface area is 203 Å². The molecule has 2 fully saturated rings. The first kappa shape index (κ1) is 26.5. The topological polar surface area (TPSA) is 78.9 Å². The predicted octanol–water partition coefficient (Wildman–Crippen LogP) is 3.44. The fourth-order valence-corrected chi connectivity index (χ4v) is 3.96. The van der Waals surface area contributed by atoms with Crippen molar-refractivity contribution in [1.29, 1.82) is 0 Å². The van der Waals surface area contributed by atoms with E-state index < -0.39 is 11.7 Å². The highest BCUT2D eigenvalue weighted by molar-refractivity contribution is 14.0. The lowest BCUT2D eigenvalue weighted by Gasteiger charge is -2.21. The smallest absolute Gasteiger partial charge is 0.417 e. The Hall–Kier alpha value is -1.79. The molecule has 1 aromatic heterocycles. The first-order valence-corrected chi connectivity index (χ1v) is 10.9. The molecule has 32 heavy (non-hydrogen) atoms. The van der Waals surface area contributed by atoms with Gasteiger partial charge in [-0.25, -0.2) is 9.98 Å². The van der Waals surface area contributed by atoms with E-state index in [4.69, 9.17) is 4.74 Å². The molecule has 1 amide bonds. The quantitative estimate of drug-likeness (QED) is 0.228. The lowest BCUT2D eigenvalue weighted by atomic mass is 10.1. The molecule has 2 N–H and O–H groups in total. The Morgan fingerprint density at radius 2 is 2.03 bits per heavy atom. The van der Waals surface area contributed by atoms with Gasteiger partial charge >= 0.3 is 6.18 Å². The minimum absolute atomic E-state index is 0. The molecule has 11 heteroatoms. The van der Waals surface area contributed by atoms with Crippen LogP contribution in [0.2, 0.25) is 0 Å². The van der Waals surface area contributed by atoms with Crippen molar-refractivity contribution in [3.8, 4) is 5.88 Å². The average Bonchev–Trinajstić information content (AvgIpc) is 3.43. The molecule has 1 saturated carbocycles. The number of aromatic nitrogens is 1. The highest BCUT2D eigenvalue weighted by Gasteiger charge is 2.32. The van der Waals surface area contributed by atoms with Crippen molar-refractivity contribution in [3.05, 3.63) is 23.9 Å². The second-order valence-corrected chi connectivity index (χ2v) is 7.89. The van der Waals surface area contributed by atoms with Gasteiger partial charge in [-0.15, -0.1) is 24.0 Å². The maximum Gasteiger partial charge on any atom is 0.417 e. The summed E-state index contributed by atoms with van der Waals surface area (Å²) in [6.07, 6.45) is 1.51. The third kappa shape index (κ3) is 7.66. The minimum Gasteiger partial charge on any atom is -0.476 e. The van der Waals surface area contributed by atoms with Crippen LogP contribution in [-0.2, 0) is 11.0 Å². The second kappa shape index (κ2) is 12.4. The lowest BCUT2D eigenvalue weighted by Crippen LogP contribution is -2.45. The molecular formula is C21H31F3IN5O2. The molecule has 2 heterocycles. The van der Waals surface area contributed by atoms with Crippen LogP contribution in [0.25, 0.3) is 0 Å². The van der Waals surface area contributed by atoms with E-state index in [2.05, 4.69) is 20.6 Å². The van der Waals surface area contributed by atoms with E-state index in [1.807, 2.05) is 11.8 Å². The summed E-state index contributed by atoms with van der Waals surface area (Å²) in [7, 11) is 0. The molecule has 0 radical (unpaired) electrons. The van der Waals surface area contributed by atoms with Gasteiger partial charge in [-0.05, 0) is 32.3 Å². The first-order chi connectivity index (χ1) is 14.9. The number of nitrogens with zero attached hydrogens (tertiary/aromatic N) is 3. The molecule has 1 unspecified atom stereocenters. The van der Waals surface area contributed by atoms with Crippen LogP contribution in [0.3, 0.4) is 0 Å². The molecule has 0 aromatic carbocycles. The van der Waals surface area contributed by atoms with Crippen LogP contribution in [0.4, 0.5) is 13.2 Å². The Bertz CT molecular complexity index is 755. The van der Waals surface area contributed by atoms with Gasteiger partial charge in [-0.2, -0.15) is 13.2 Å². The highest BCUT2D eigenvalue weighted by Crippen LogP contribution is 2.29. The molecule has 3 rings (SSSR count). The third-order valence-corrected chi connectivity index (χ3v) is 5.56. The molecule has 0 spiro atoms. The fourth-order valence-electron chi connectivity index (χ4n) is 3.96. The van der Waals surface area contributed by atoms with Gasteiger partial charge in [-0.1, -0.05) is 12.8 Å². The zero-order chi connectivity index (χ0) is 22.3. The van der Waals surface area contributed by atoms with E-state index in [9.17, 15) is 18.0 Å². The number of ether oxygens (including phenoxy) is 1. The molecule has 2 aliphatic rings. The number of rotatable bonds is 7. The van der Waals surface area contributed by atoms with Gasteiger partial charge in [0.05, 0.1) is 12.1 Å². The van der Waals surface area contributed by atoms with E-state index in [-0.39, 0.29) is 54.3 Å². The van der Waals surface area contributed by atoms with E-state index >= 15 is 0 Å². The Morgan fingerprint density at radius 1 is 1.28 bits per heavy atom. The summed E-state index contributed by atoms with van der Waals surface area (Å²) in [6.45, 7) is 4.58. The van der Waals surface area contributed by atoms with Crippen molar-refractivity contribution in [1.82, 2.24) is 20.5 Å². The van der Waals surface area contributed by atoms with Crippen LogP contribution in [0.15, 0.2) is 23.3 Å². The summed E-state index contributed by atoms with van der Waals surface area (Å²) < 4.78 is 43.1. The molecule has 180 valence electrons. The third-order valence-electron chi connectivity index (χ3n) is 5.56. The number of carbonyl (C=O) groups excluding carboxylic acids is 1. The summed E-state index contributed by atoms with van der Waals surface area (Å²) in [5.41, 5.74) is -0.812. The number of hydrogen-bond donors (Lipinski definition) is 2. The van der Waals surface area contributed by atoms with Crippen molar-refractivity contribution in [2.75, 3.05) is 32.8 Å². The van der Waals surface area contributed by atoms with Crippen molar-refractivity contribution in [2.45, 2.75) is 51.2 Å². The number of nitrogens with one attached hydrogen (secondary N) is 2. The van der Waals surface area contributed by atoms with Crippen molar-refractivity contribution >= 4 is 35.8 Å². The Balaban J connectivity index is 0.00000363. The van der Waals surface area contributed by atoms with Gasteiger partial charge in [0.1, 0.15) is 6.61 Å². The molecule has 0 bridgehead atoms. The Kier molecular flexibility index (Phi) is 10.3. The minimum atomic E-state index is -4.42. The largest absolute Gasteiger partial charge is 0.476 e. The normalized spacial score (nSPS) is 19.6. The lowest BCUT2D eigenvalue weighted by molar-refractivity contribution is -0.138. The maximum absolute atomic E-state index is 12.6. The number of guanidine groups is 1. The van der Waals surface area contributed by atoms with Gasteiger partial charge in [0, 0.05) is 43.9 Å². The van der Waals surface area contributed by atoms with Crippen LogP contribution in [0.5, 0.6) is 5.88 Å². The van der Waals surface area contributed by atoms with Crippen LogP contribution in [0.1, 0.15) is 44.6 Å². The van der Waals surface area contributed by atoms with Gasteiger partial charge in [-0.3, -0.25) is 4.79 Å². The molecule has 1 atom stereocenters. The van der Waals surface area contributed by atoms with Gasteiger partial charge < -0.3 is 20.3 Å². The second-order valence-electron chi connectivity index (χ2n) is 7.89. The number of halogens is 4. The number of hydrogen-bond acceptors (Lipinski definition) is 4. The molecule has 1 aliphatic carbocycles. The number of amides is 1. The zero-order valence-electron chi connectivity index (χ0n) is 18.2. The van der Waals surface area contributed by atoms with E-state index in [1.54, 1.807) is 0 Å². The standard InChI is InChI=1S/C21H30F3N5O2.HI/c1-2-25-20(26-10-12-31-18-8-7-16(13-27-18)21(22,23)24)28-17-9-11-29(14-17)19(30)15-5-3-4-6-15;/h7-8,13,15,17H,2-6,9-12,14H2,1H3,(H2,25,26,28);1H. The van der Waals surface area contributed by atoms with Gasteiger partial charge in [0.25, 0.3) is 0 Å². The molecular weight excluding hydrogens is 538 g/mol. The fraction of sp³-hybridized carbons (Fsp3) is 0.667. The highest BCUT2D eigenvalue weighted by atomic mass is 127. The van der Waals surface area contributed by atoms with Crippen molar-refractivity contribution in [3.63, 3.8) is 0 Å². The van der Waals surface area contributed by atoms with Crippen LogP contribution in [-0.4, -0.2) is 60.6 Å². The van der Waals surface area contributed by atoms with E-state index in [1.165, 1.54) is 6.07 Å². The molecule has 1 aliphatic heterocycles. The molecule has 1 saturated heterocycles. The maximum atomic E-state index is 12.6. The van der Waals surface area contributed by atoms with Gasteiger partial charge in [0.2, 0.25) is 11.8 Å². The zero-order valence-corrected chi connectivity index (χ0v) is 20.5. The molecule has 7 nitrogen and oxygen atoms in total. The molecule has 1 aromatic rings. The predicted molar refractivity (Wildman–Crippen MR) is 126 cm³/mol. The number of pyridine rings is 1. The number of likely N-dealkylation sites (tertiary alicyclic amines) is 1. The van der Waals surface area contributed by atoms with E-state index in [0.717, 1.165) is 50.9 Å². The summed E-state index contributed by atoms with van der Waals surface area (Å²) in [5, 5.41) is 6.53. The number of carbonyl (C=O) groups is 1. The summed E-state index contributed by atoms with van der Waals surface area (Å²) in [6, 6.07) is 2.28. The first-order valence-electron chi connectivity index (χ1n) is 10.9. The summed E-state index contributed by atoms with van der Waals surface area (Å²) in [4.78, 5) is 22.7. The number of aliphatic imine (C=N–C) groups is 1. The van der Waals surface area contributed by atoms with Crippen molar-refractivity contribution in [2.24, 2.45) is 10.9 Å². The van der Waals surface area contributed by atoms with Crippen molar-refractivity contribution < 1.29 is 22.7 Å². The van der Waals surface area contributed by atoms with Crippen LogP contribution < -0.4 is 15.4 Å². The SMILES string of the molecule is CCNC(=NCCOc1ccc(C(F)(F)F)cn1)NC1CCN(C(=O)C2CCCC2)C1.I. The Morgan fingerprint density at radius 3 is 2.66 bits per heavy atom. The average molecular weight is 569 g/mol. The van der Waals surface area contributed by atoms with Crippen LogP contribution >= 0.6 is 24.0 Å². The monoisotopic (exact) mass is 569 g/mol. The summed E-state index contributed by atoms with van der Waals surface area (Å²) >= 11 is 0. The van der Waals surface area contributed by atoms with Crippen LogP contribution in [0, 0.1) is 5.92 Å². The van der Waals surface area contributed by atoms with Gasteiger partial charge in [0.15, 0.2) is 5.96 Å². The van der Waals surface area contributed by atoms with E-state index in [0.29, 0.717) is 25.6 Å².